The van der Waals surface area contributed by atoms with Gasteiger partial charge in [-0.3, -0.25) is 9.59 Å². The van der Waals surface area contributed by atoms with Gasteiger partial charge in [-0.15, -0.1) is 0 Å². The Morgan fingerprint density at radius 1 is 1.22 bits per heavy atom. The van der Waals surface area contributed by atoms with Crippen LogP contribution in [0, 0.1) is 0 Å². The number of hydrogen-bond donors (Lipinski definition) is 3. The highest BCUT2D eigenvalue weighted by molar-refractivity contribution is 6.06. The van der Waals surface area contributed by atoms with Gasteiger partial charge in [-0.05, 0) is 30.3 Å². The van der Waals surface area contributed by atoms with Gasteiger partial charge in [0.1, 0.15) is 5.75 Å². The Morgan fingerprint density at radius 3 is 3.04 bits per heavy atom. The van der Waals surface area contributed by atoms with E-state index in [1.807, 2.05) is 0 Å². The van der Waals surface area contributed by atoms with Crippen LogP contribution >= 0.6 is 0 Å². The van der Waals surface area contributed by atoms with E-state index in [0.29, 0.717) is 22.7 Å². The van der Waals surface area contributed by atoms with Crippen molar-refractivity contribution in [2.45, 2.75) is 0 Å². The number of rotatable bonds is 2. The molecule has 1 aromatic heterocycles. The molecule has 0 bridgehead atoms. The van der Waals surface area contributed by atoms with Crippen LogP contribution in [-0.2, 0) is 4.79 Å². The van der Waals surface area contributed by atoms with Gasteiger partial charge >= 0.3 is 0 Å². The molecule has 23 heavy (non-hydrogen) atoms. The van der Waals surface area contributed by atoms with Gasteiger partial charge in [-0.2, -0.15) is 0 Å². The topological polar surface area (TPSA) is 96.1 Å². The molecule has 1 aliphatic heterocycles. The number of benzene rings is 2. The monoisotopic (exact) mass is 308 g/mol. The minimum atomic E-state index is -0.235. The third-order valence-corrected chi connectivity index (χ3v) is 3.55. The number of aromatic amines is 1. The summed E-state index contributed by atoms with van der Waals surface area (Å²) >= 11 is 0. The Morgan fingerprint density at radius 2 is 2.13 bits per heavy atom. The lowest BCUT2D eigenvalue weighted by Crippen LogP contribution is -2.25. The molecule has 0 spiro atoms. The van der Waals surface area contributed by atoms with Crippen LogP contribution in [0.2, 0.25) is 0 Å². The molecule has 2 amide bonds. The Kier molecular flexibility index (Phi) is 2.97. The van der Waals surface area contributed by atoms with Crippen molar-refractivity contribution in [1.29, 1.82) is 0 Å². The average Bonchev–Trinajstić information content (AvgIpc) is 3.02. The van der Waals surface area contributed by atoms with Crippen LogP contribution in [0.15, 0.2) is 42.7 Å². The van der Waals surface area contributed by atoms with Gasteiger partial charge in [0.15, 0.2) is 6.61 Å². The first kappa shape index (κ1) is 13.3. The van der Waals surface area contributed by atoms with E-state index in [-0.39, 0.29) is 18.4 Å². The highest BCUT2D eigenvalue weighted by atomic mass is 16.5. The lowest BCUT2D eigenvalue weighted by Gasteiger charge is -2.18. The number of carbonyl (C=O) groups is 2. The zero-order valence-electron chi connectivity index (χ0n) is 11.9. The summed E-state index contributed by atoms with van der Waals surface area (Å²) in [5, 5.41) is 5.51. The minimum Gasteiger partial charge on any atom is -0.482 e. The molecule has 0 saturated carbocycles. The molecule has 0 fully saturated rings. The molecule has 3 aromatic rings. The number of anilines is 2. The second-order valence-corrected chi connectivity index (χ2v) is 5.14. The van der Waals surface area contributed by atoms with Crippen LogP contribution in [0.1, 0.15) is 10.4 Å². The summed E-state index contributed by atoms with van der Waals surface area (Å²) in [6.07, 6.45) is 1.58. The maximum Gasteiger partial charge on any atom is 0.262 e. The Labute approximate surface area is 130 Å². The molecule has 0 atom stereocenters. The number of nitrogens with one attached hydrogen (secondary N) is 3. The zero-order chi connectivity index (χ0) is 15.8. The lowest BCUT2D eigenvalue weighted by molar-refractivity contribution is -0.118. The Bertz CT molecular complexity index is 932. The number of ether oxygens (including phenoxy) is 1. The van der Waals surface area contributed by atoms with E-state index >= 15 is 0 Å². The first-order chi connectivity index (χ1) is 11.2. The van der Waals surface area contributed by atoms with Crippen LogP contribution in [0.4, 0.5) is 11.4 Å². The molecule has 0 aliphatic carbocycles. The molecule has 114 valence electrons. The third kappa shape index (κ3) is 2.48. The van der Waals surface area contributed by atoms with Gasteiger partial charge in [0.05, 0.1) is 23.0 Å². The fourth-order valence-electron chi connectivity index (χ4n) is 2.43. The van der Waals surface area contributed by atoms with Gasteiger partial charge in [-0.1, -0.05) is 0 Å². The molecule has 2 heterocycles. The third-order valence-electron chi connectivity index (χ3n) is 3.55. The fraction of sp³-hybridized carbons (Fsp3) is 0.0625. The van der Waals surface area contributed by atoms with Crippen LogP contribution in [0.3, 0.4) is 0 Å². The molecule has 0 unspecified atom stereocenters. The van der Waals surface area contributed by atoms with E-state index in [2.05, 4.69) is 20.6 Å². The molecule has 0 saturated heterocycles. The number of aromatic nitrogens is 2. The molecule has 7 heteroatoms. The molecule has 7 nitrogen and oxygen atoms in total. The number of H-pyrrole nitrogens is 1. The van der Waals surface area contributed by atoms with E-state index in [9.17, 15) is 9.59 Å². The summed E-state index contributed by atoms with van der Waals surface area (Å²) in [6, 6.07) is 10.3. The first-order valence-electron chi connectivity index (χ1n) is 7.00. The van der Waals surface area contributed by atoms with Gasteiger partial charge in [-0.25, -0.2) is 4.98 Å². The van der Waals surface area contributed by atoms with Crippen LogP contribution in [0.25, 0.3) is 11.0 Å². The molecule has 2 aromatic carbocycles. The summed E-state index contributed by atoms with van der Waals surface area (Å²) in [5.41, 5.74) is 3.31. The predicted octanol–water partition coefficient (Wildman–Crippen LogP) is 2.15. The normalized spacial score (nSPS) is 13.1. The van der Waals surface area contributed by atoms with Crippen molar-refractivity contribution in [3.8, 4) is 5.75 Å². The number of amides is 2. The maximum atomic E-state index is 12.3. The first-order valence-corrected chi connectivity index (χ1v) is 7.00. The van der Waals surface area contributed by atoms with E-state index in [1.54, 1.807) is 42.7 Å². The lowest BCUT2D eigenvalue weighted by atomic mass is 10.1. The highest BCUT2D eigenvalue weighted by Crippen LogP contribution is 2.30. The smallest absolute Gasteiger partial charge is 0.262 e. The number of fused-ring (bicyclic) bond motifs is 2. The number of nitrogens with zero attached hydrogens (tertiary/aromatic N) is 1. The van der Waals surface area contributed by atoms with Crippen molar-refractivity contribution in [3.05, 3.63) is 48.3 Å². The number of hydrogen-bond acceptors (Lipinski definition) is 4. The van der Waals surface area contributed by atoms with Gasteiger partial charge in [0.25, 0.3) is 11.8 Å². The molecular weight excluding hydrogens is 296 g/mol. The second-order valence-electron chi connectivity index (χ2n) is 5.14. The summed E-state index contributed by atoms with van der Waals surface area (Å²) < 4.78 is 5.33. The summed E-state index contributed by atoms with van der Waals surface area (Å²) in [5.74, 6) is 0.106. The van der Waals surface area contributed by atoms with Crippen molar-refractivity contribution in [2.24, 2.45) is 0 Å². The van der Waals surface area contributed by atoms with Gasteiger partial charge in [0.2, 0.25) is 0 Å². The van der Waals surface area contributed by atoms with E-state index < -0.39 is 0 Å². The largest absolute Gasteiger partial charge is 0.482 e. The quantitative estimate of drug-likeness (QED) is 0.676. The molecule has 0 radical (unpaired) electrons. The van der Waals surface area contributed by atoms with Crippen LogP contribution in [-0.4, -0.2) is 28.4 Å². The van der Waals surface area contributed by atoms with E-state index in [0.717, 1.165) is 11.0 Å². The molecule has 4 rings (SSSR count). The predicted molar refractivity (Wildman–Crippen MR) is 84.6 cm³/mol. The SMILES string of the molecule is O=C1COc2cc(NC(=O)c3ccc4nc[nH]c4c3)ccc2N1. The Hall–Kier alpha value is -3.35. The van der Waals surface area contributed by atoms with Crippen molar-refractivity contribution >= 4 is 34.2 Å². The standard InChI is InChI=1S/C16H12N4O3/c21-15-7-23-14-6-10(2-4-12(14)20-15)19-16(22)9-1-3-11-13(5-9)18-8-17-11/h1-6,8H,7H2,(H,17,18)(H,19,22)(H,20,21). The van der Waals surface area contributed by atoms with Crippen molar-refractivity contribution < 1.29 is 14.3 Å². The van der Waals surface area contributed by atoms with Crippen molar-refractivity contribution in [1.82, 2.24) is 9.97 Å². The number of carbonyl (C=O) groups excluding carboxylic acids is 2. The summed E-state index contributed by atoms with van der Waals surface area (Å²) in [7, 11) is 0. The molecular formula is C16H12N4O3. The molecule has 3 N–H and O–H groups in total. The van der Waals surface area contributed by atoms with Crippen molar-refractivity contribution in [3.63, 3.8) is 0 Å². The summed E-state index contributed by atoms with van der Waals surface area (Å²) in [6.45, 7) is -0.0269. The summed E-state index contributed by atoms with van der Waals surface area (Å²) in [4.78, 5) is 30.7. The van der Waals surface area contributed by atoms with Gasteiger partial charge < -0.3 is 20.4 Å². The fourth-order valence-corrected chi connectivity index (χ4v) is 2.43. The van der Waals surface area contributed by atoms with Gasteiger partial charge in [0, 0.05) is 17.3 Å². The molecule has 1 aliphatic rings. The highest BCUT2D eigenvalue weighted by Gasteiger charge is 2.16. The average molecular weight is 308 g/mol. The van der Waals surface area contributed by atoms with Crippen molar-refractivity contribution in [2.75, 3.05) is 17.2 Å². The minimum absolute atomic E-state index is 0.0269. The Balaban J connectivity index is 1.57. The zero-order valence-corrected chi connectivity index (χ0v) is 11.9. The van der Waals surface area contributed by atoms with Crippen LogP contribution < -0.4 is 15.4 Å². The maximum absolute atomic E-state index is 12.3. The number of imidazole rings is 1. The van der Waals surface area contributed by atoms with Crippen LogP contribution in [0.5, 0.6) is 5.75 Å². The van der Waals surface area contributed by atoms with E-state index in [4.69, 9.17) is 4.74 Å². The second kappa shape index (κ2) is 5.13. The van der Waals surface area contributed by atoms with E-state index in [1.165, 1.54) is 0 Å².